The van der Waals surface area contributed by atoms with Crippen molar-refractivity contribution in [2.45, 2.75) is 49.8 Å². The standard InChI is InChI=1S/C21H32N4O4S/c1-22-16-18(15-19(22)21(27)24-9-3-2-4-10-24)30(28,29)25-13-7-17(8-14-25)20(26)23-11-5-6-12-23/h15-17H,2-14H2,1H3. The molecule has 9 heteroatoms. The molecule has 0 N–H and O–H groups in total. The summed E-state index contributed by atoms with van der Waals surface area (Å²) in [5.41, 5.74) is 0.412. The number of aryl methyl sites for hydroxylation is 1. The molecular weight excluding hydrogens is 404 g/mol. The van der Waals surface area contributed by atoms with Gasteiger partial charge < -0.3 is 14.4 Å². The monoisotopic (exact) mass is 436 g/mol. The van der Waals surface area contributed by atoms with Gasteiger partial charge in [0.1, 0.15) is 10.6 Å². The third-order valence-electron chi connectivity index (χ3n) is 6.70. The van der Waals surface area contributed by atoms with Gasteiger partial charge in [0.25, 0.3) is 5.91 Å². The Morgan fingerprint density at radius 2 is 1.43 bits per heavy atom. The predicted octanol–water partition coefficient (Wildman–Crippen LogP) is 1.67. The van der Waals surface area contributed by atoms with Crippen LogP contribution >= 0.6 is 0 Å². The summed E-state index contributed by atoms with van der Waals surface area (Å²) in [5, 5.41) is 0. The lowest BCUT2D eigenvalue weighted by molar-refractivity contribution is -0.135. The van der Waals surface area contributed by atoms with Gasteiger partial charge in [-0.05, 0) is 51.0 Å². The lowest BCUT2D eigenvalue weighted by Gasteiger charge is -2.32. The number of hydrogen-bond donors (Lipinski definition) is 0. The summed E-state index contributed by atoms with van der Waals surface area (Å²) < 4.78 is 29.4. The zero-order valence-corrected chi connectivity index (χ0v) is 18.6. The largest absolute Gasteiger partial charge is 0.345 e. The summed E-state index contributed by atoms with van der Waals surface area (Å²) in [5.74, 6) is -0.00574. The topological polar surface area (TPSA) is 82.9 Å². The molecule has 0 bridgehead atoms. The van der Waals surface area contributed by atoms with Crippen LogP contribution in [0.3, 0.4) is 0 Å². The molecule has 1 aromatic heterocycles. The molecule has 166 valence electrons. The van der Waals surface area contributed by atoms with E-state index in [4.69, 9.17) is 0 Å². The molecule has 8 nitrogen and oxygen atoms in total. The molecule has 3 fully saturated rings. The molecule has 3 saturated heterocycles. The van der Waals surface area contributed by atoms with E-state index in [0.717, 1.165) is 58.3 Å². The summed E-state index contributed by atoms with van der Waals surface area (Å²) in [7, 11) is -1.96. The lowest BCUT2D eigenvalue weighted by Crippen LogP contribution is -2.43. The van der Waals surface area contributed by atoms with Crippen LogP contribution in [0, 0.1) is 5.92 Å². The van der Waals surface area contributed by atoms with Crippen LogP contribution in [0.1, 0.15) is 55.4 Å². The van der Waals surface area contributed by atoms with Gasteiger partial charge >= 0.3 is 0 Å². The first kappa shape index (κ1) is 21.4. The maximum Gasteiger partial charge on any atom is 0.270 e. The van der Waals surface area contributed by atoms with Crippen molar-refractivity contribution in [2.24, 2.45) is 13.0 Å². The Morgan fingerprint density at radius 1 is 0.867 bits per heavy atom. The highest BCUT2D eigenvalue weighted by Gasteiger charge is 2.35. The smallest absolute Gasteiger partial charge is 0.270 e. The lowest BCUT2D eigenvalue weighted by atomic mass is 9.97. The van der Waals surface area contributed by atoms with Crippen LogP contribution in [0.15, 0.2) is 17.2 Å². The maximum absolute atomic E-state index is 13.2. The number of aromatic nitrogens is 1. The van der Waals surface area contributed by atoms with Crippen LogP contribution in [0.4, 0.5) is 0 Å². The molecule has 4 rings (SSSR count). The highest BCUT2D eigenvalue weighted by atomic mass is 32.2. The highest BCUT2D eigenvalue weighted by Crippen LogP contribution is 2.27. The number of hydrogen-bond acceptors (Lipinski definition) is 4. The van der Waals surface area contributed by atoms with Gasteiger partial charge in [-0.3, -0.25) is 9.59 Å². The molecule has 3 aliphatic rings. The maximum atomic E-state index is 13.2. The van der Waals surface area contributed by atoms with Crippen LogP contribution < -0.4 is 0 Å². The molecule has 0 saturated carbocycles. The second-order valence-corrected chi connectivity index (χ2v) is 10.7. The number of nitrogens with zero attached hydrogens (tertiary/aromatic N) is 4. The number of likely N-dealkylation sites (tertiary alicyclic amines) is 2. The molecular formula is C21H32N4O4S. The zero-order valence-electron chi connectivity index (χ0n) is 17.8. The van der Waals surface area contributed by atoms with Crippen molar-refractivity contribution in [1.29, 1.82) is 0 Å². The molecule has 0 atom stereocenters. The van der Waals surface area contributed by atoms with Gasteiger partial charge in [0.15, 0.2) is 0 Å². The van der Waals surface area contributed by atoms with Gasteiger partial charge in [0.05, 0.1) is 0 Å². The quantitative estimate of drug-likeness (QED) is 0.719. The second-order valence-electron chi connectivity index (χ2n) is 8.74. The summed E-state index contributed by atoms with van der Waals surface area (Å²) in [4.78, 5) is 29.3. The number of rotatable bonds is 4. The van der Waals surface area contributed by atoms with E-state index in [1.165, 1.54) is 16.6 Å². The van der Waals surface area contributed by atoms with E-state index >= 15 is 0 Å². The van der Waals surface area contributed by atoms with Crippen molar-refractivity contribution in [1.82, 2.24) is 18.7 Å². The van der Waals surface area contributed by atoms with E-state index in [9.17, 15) is 18.0 Å². The van der Waals surface area contributed by atoms with Crippen LogP contribution in [-0.2, 0) is 21.9 Å². The SMILES string of the molecule is Cn1cc(S(=O)(=O)N2CCC(C(=O)N3CCCC3)CC2)cc1C(=O)N1CCCCC1. The van der Waals surface area contributed by atoms with E-state index in [-0.39, 0.29) is 22.6 Å². The second kappa shape index (κ2) is 8.70. The fraction of sp³-hybridized carbons (Fsp3) is 0.714. The third-order valence-corrected chi connectivity index (χ3v) is 8.56. The van der Waals surface area contributed by atoms with E-state index in [2.05, 4.69) is 0 Å². The molecule has 0 spiro atoms. The minimum Gasteiger partial charge on any atom is -0.345 e. The van der Waals surface area contributed by atoms with Gasteiger partial charge in [-0.15, -0.1) is 0 Å². The molecule has 0 unspecified atom stereocenters. The molecule has 0 aromatic carbocycles. The van der Waals surface area contributed by atoms with Crippen LogP contribution in [0.5, 0.6) is 0 Å². The van der Waals surface area contributed by atoms with Gasteiger partial charge in [0.2, 0.25) is 15.9 Å². The first-order valence-electron chi connectivity index (χ1n) is 11.1. The first-order chi connectivity index (χ1) is 14.4. The summed E-state index contributed by atoms with van der Waals surface area (Å²) in [6.45, 7) is 3.80. The number of amides is 2. The Kier molecular flexibility index (Phi) is 6.20. The van der Waals surface area contributed by atoms with Crippen molar-refractivity contribution in [2.75, 3.05) is 39.3 Å². The predicted molar refractivity (Wildman–Crippen MR) is 112 cm³/mol. The van der Waals surface area contributed by atoms with E-state index in [1.54, 1.807) is 11.6 Å². The molecule has 2 amide bonds. The Hall–Kier alpha value is -1.87. The molecule has 3 aliphatic heterocycles. The van der Waals surface area contributed by atoms with E-state index in [0.29, 0.717) is 31.6 Å². The summed E-state index contributed by atoms with van der Waals surface area (Å²) >= 11 is 0. The number of carbonyl (C=O) groups excluding carboxylic acids is 2. The Morgan fingerprint density at radius 3 is 2.07 bits per heavy atom. The fourth-order valence-corrected chi connectivity index (χ4v) is 6.38. The minimum atomic E-state index is -3.68. The zero-order chi connectivity index (χ0) is 21.3. The van der Waals surface area contributed by atoms with Crippen molar-refractivity contribution in [3.8, 4) is 0 Å². The van der Waals surface area contributed by atoms with Crippen LogP contribution in [0.25, 0.3) is 0 Å². The van der Waals surface area contributed by atoms with Gasteiger partial charge in [-0.1, -0.05) is 0 Å². The van der Waals surface area contributed by atoms with Crippen molar-refractivity contribution in [3.63, 3.8) is 0 Å². The van der Waals surface area contributed by atoms with Gasteiger partial charge in [-0.2, -0.15) is 4.31 Å². The van der Waals surface area contributed by atoms with Crippen molar-refractivity contribution in [3.05, 3.63) is 18.0 Å². The highest BCUT2D eigenvalue weighted by molar-refractivity contribution is 7.89. The number of sulfonamides is 1. The minimum absolute atomic E-state index is 0.0819. The third kappa shape index (κ3) is 4.14. The Balaban J connectivity index is 1.42. The van der Waals surface area contributed by atoms with Gasteiger partial charge in [-0.25, -0.2) is 8.42 Å². The molecule has 0 aliphatic carbocycles. The van der Waals surface area contributed by atoms with Gasteiger partial charge in [0, 0.05) is 58.4 Å². The normalized spacial score (nSPS) is 21.9. The first-order valence-corrected chi connectivity index (χ1v) is 12.6. The van der Waals surface area contributed by atoms with Crippen molar-refractivity contribution < 1.29 is 18.0 Å². The summed E-state index contributed by atoms with van der Waals surface area (Å²) in [6.07, 6.45) is 7.89. The van der Waals surface area contributed by atoms with E-state index in [1.807, 2.05) is 9.80 Å². The Labute approximate surface area is 178 Å². The molecule has 4 heterocycles. The average Bonchev–Trinajstić information content (AvgIpc) is 3.44. The average molecular weight is 437 g/mol. The van der Waals surface area contributed by atoms with Crippen molar-refractivity contribution >= 4 is 21.8 Å². The fourth-order valence-electron chi connectivity index (χ4n) is 4.83. The molecule has 1 aromatic rings. The van der Waals surface area contributed by atoms with Crippen LogP contribution in [0.2, 0.25) is 0 Å². The number of carbonyl (C=O) groups is 2. The Bertz CT molecular complexity index is 890. The van der Waals surface area contributed by atoms with E-state index < -0.39 is 10.0 Å². The molecule has 30 heavy (non-hydrogen) atoms. The molecule has 0 radical (unpaired) electrons. The number of piperidine rings is 2. The van der Waals surface area contributed by atoms with Crippen LogP contribution in [-0.4, -0.2) is 78.2 Å². The summed E-state index contributed by atoms with van der Waals surface area (Å²) in [6, 6.07) is 1.51.